The molecule has 0 bridgehead atoms. The molecule has 0 N–H and O–H groups in total. The van der Waals surface area contributed by atoms with E-state index in [1.165, 1.54) is 5.56 Å². The predicted octanol–water partition coefficient (Wildman–Crippen LogP) is 6.98. The third-order valence-electron chi connectivity index (χ3n) is 5.97. The largest absolute Gasteiger partial charge is 0.423 e. The molecule has 0 aromatic heterocycles. The summed E-state index contributed by atoms with van der Waals surface area (Å²) < 4.78 is 39.3. The molecule has 0 heterocycles. The lowest BCUT2D eigenvalue weighted by Gasteiger charge is -2.29. The van der Waals surface area contributed by atoms with Crippen LogP contribution in [0.5, 0.6) is 5.75 Å². The molecule has 0 aliphatic heterocycles. The number of esters is 1. The Kier molecular flexibility index (Phi) is 8.59. The first-order valence-corrected chi connectivity index (χ1v) is 11.4. The normalized spacial score (nSPS) is 18.7. The van der Waals surface area contributed by atoms with Crippen molar-refractivity contribution < 1.29 is 23.0 Å². The highest BCUT2D eigenvalue weighted by Gasteiger charge is 2.23. The van der Waals surface area contributed by atoms with Gasteiger partial charge in [-0.05, 0) is 62.1 Å². The lowest BCUT2D eigenvalue weighted by molar-refractivity contribution is 0.0232. The fourth-order valence-electron chi connectivity index (χ4n) is 4.14. The average Bonchev–Trinajstić information content (AvgIpc) is 2.77. The number of carbonyl (C=O) groups is 1. The standard InChI is InChI=1S/C26H32F2O3/c1-3-5-15-30-21-13-11-19(12-14-21)18-7-9-20(10-8-18)26(29)31-22-16-24(27)23(6-4-2)25(28)17-22/h7-10,16-17,19,21H,3-6,11-15H2,1-2H3. The van der Waals surface area contributed by atoms with Gasteiger partial charge in [-0.15, -0.1) is 0 Å². The molecule has 0 radical (unpaired) electrons. The highest BCUT2D eigenvalue weighted by atomic mass is 19.1. The summed E-state index contributed by atoms with van der Waals surface area (Å²) in [6.45, 7) is 4.86. The quantitative estimate of drug-likeness (QED) is 0.245. The minimum Gasteiger partial charge on any atom is -0.423 e. The lowest BCUT2D eigenvalue weighted by Crippen LogP contribution is -2.21. The highest BCUT2D eigenvalue weighted by Crippen LogP contribution is 2.34. The molecule has 0 spiro atoms. The molecule has 0 amide bonds. The van der Waals surface area contributed by atoms with Gasteiger partial charge in [0.25, 0.3) is 0 Å². The van der Waals surface area contributed by atoms with Crippen LogP contribution in [-0.4, -0.2) is 18.7 Å². The fourth-order valence-corrected chi connectivity index (χ4v) is 4.14. The van der Waals surface area contributed by atoms with Gasteiger partial charge in [0, 0.05) is 24.3 Å². The van der Waals surface area contributed by atoms with Crippen LogP contribution >= 0.6 is 0 Å². The van der Waals surface area contributed by atoms with Crippen LogP contribution < -0.4 is 4.74 Å². The number of rotatable bonds is 9. The Morgan fingerprint density at radius 2 is 1.61 bits per heavy atom. The summed E-state index contributed by atoms with van der Waals surface area (Å²) in [5.41, 5.74) is 1.58. The number of ether oxygens (including phenoxy) is 2. The van der Waals surface area contributed by atoms with Gasteiger partial charge >= 0.3 is 5.97 Å². The van der Waals surface area contributed by atoms with Crippen molar-refractivity contribution in [2.75, 3.05) is 6.61 Å². The lowest BCUT2D eigenvalue weighted by atomic mass is 9.82. The Bertz CT molecular complexity index is 832. The monoisotopic (exact) mass is 430 g/mol. The van der Waals surface area contributed by atoms with E-state index in [0.29, 0.717) is 30.4 Å². The van der Waals surface area contributed by atoms with E-state index in [1.54, 1.807) is 12.1 Å². The molecule has 0 unspecified atom stereocenters. The van der Waals surface area contributed by atoms with E-state index in [2.05, 4.69) is 6.92 Å². The predicted molar refractivity (Wildman–Crippen MR) is 118 cm³/mol. The van der Waals surface area contributed by atoms with Crippen molar-refractivity contribution in [3.05, 3.63) is 64.7 Å². The minimum atomic E-state index is -0.686. The second-order valence-corrected chi connectivity index (χ2v) is 8.32. The third-order valence-corrected chi connectivity index (χ3v) is 5.97. The Hall–Kier alpha value is -2.27. The van der Waals surface area contributed by atoms with Crippen molar-refractivity contribution in [3.63, 3.8) is 0 Å². The summed E-state index contributed by atoms with van der Waals surface area (Å²) >= 11 is 0. The number of unbranched alkanes of at least 4 members (excludes halogenated alkanes) is 1. The molecule has 3 nitrogen and oxygen atoms in total. The molecule has 0 saturated heterocycles. The van der Waals surface area contributed by atoms with Crippen LogP contribution in [0.1, 0.15) is 86.2 Å². The topological polar surface area (TPSA) is 35.5 Å². The van der Waals surface area contributed by atoms with Crippen molar-refractivity contribution in [3.8, 4) is 5.75 Å². The van der Waals surface area contributed by atoms with Crippen LogP contribution in [0, 0.1) is 11.6 Å². The molecule has 1 aliphatic carbocycles. The van der Waals surface area contributed by atoms with E-state index >= 15 is 0 Å². The summed E-state index contributed by atoms with van der Waals surface area (Å²) in [7, 11) is 0. The zero-order valence-electron chi connectivity index (χ0n) is 18.5. The fraction of sp³-hybridized carbons (Fsp3) is 0.500. The molecular weight excluding hydrogens is 398 g/mol. The molecule has 1 aliphatic rings. The zero-order chi connectivity index (χ0) is 22.2. The Morgan fingerprint density at radius 3 is 2.19 bits per heavy atom. The number of carbonyl (C=O) groups excluding carboxylic acids is 1. The molecule has 168 valence electrons. The van der Waals surface area contributed by atoms with Gasteiger partial charge in [0.2, 0.25) is 0 Å². The van der Waals surface area contributed by atoms with Crippen molar-refractivity contribution >= 4 is 5.97 Å². The van der Waals surface area contributed by atoms with Crippen LogP contribution in [0.4, 0.5) is 8.78 Å². The second-order valence-electron chi connectivity index (χ2n) is 8.32. The number of hydrogen-bond acceptors (Lipinski definition) is 3. The van der Waals surface area contributed by atoms with Crippen molar-refractivity contribution in [1.29, 1.82) is 0 Å². The zero-order valence-corrected chi connectivity index (χ0v) is 18.5. The smallest absolute Gasteiger partial charge is 0.343 e. The molecule has 1 saturated carbocycles. The maximum atomic E-state index is 14.1. The van der Waals surface area contributed by atoms with Gasteiger partial charge in [-0.25, -0.2) is 13.6 Å². The van der Waals surface area contributed by atoms with Gasteiger partial charge in [-0.3, -0.25) is 0 Å². The van der Waals surface area contributed by atoms with Gasteiger partial charge in [0.1, 0.15) is 17.4 Å². The summed E-state index contributed by atoms with van der Waals surface area (Å²) in [6.07, 6.45) is 7.82. The Morgan fingerprint density at radius 1 is 0.968 bits per heavy atom. The van der Waals surface area contributed by atoms with Gasteiger partial charge < -0.3 is 9.47 Å². The third kappa shape index (κ3) is 6.36. The van der Waals surface area contributed by atoms with E-state index < -0.39 is 17.6 Å². The first-order chi connectivity index (χ1) is 15.0. The van der Waals surface area contributed by atoms with E-state index in [1.807, 2.05) is 19.1 Å². The minimum absolute atomic E-state index is 0.0251. The second kappa shape index (κ2) is 11.4. The van der Waals surface area contributed by atoms with Gasteiger partial charge in [0.15, 0.2) is 0 Å². The van der Waals surface area contributed by atoms with Crippen molar-refractivity contribution in [1.82, 2.24) is 0 Å². The van der Waals surface area contributed by atoms with Crippen molar-refractivity contribution in [2.24, 2.45) is 0 Å². The number of benzene rings is 2. The van der Waals surface area contributed by atoms with Crippen LogP contribution in [0.3, 0.4) is 0 Å². The van der Waals surface area contributed by atoms with Gasteiger partial charge in [-0.1, -0.05) is 38.8 Å². The Labute approximate surface area is 183 Å². The van der Waals surface area contributed by atoms with E-state index in [4.69, 9.17) is 9.47 Å². The molecule has 2 aromatic carbocycles. The van der Waals surface area contributed by atoms with Crippen LogP contribution in [0.15, 0.2) is 36.4 Å². The number of halogens is 2. The molecule has 5 heteroatoms. The first-order valence-electron chi connectivity index (χ1n) is 11.4. The van der Waals surface area contributed by atoms with Crippen molar-refractivity contribution in [2.45, 2.75) is 77.2 Å². The summed E-state index contributed by atoms with van der Waals surface area (Å²) in [5.74, 6) is -1.65. The molecule has 2 aromatic rings. The summed E-state index contributed by atoms with van der Waals surface area (Å²) in [4.78, 5) is 12.4. The number of hydrogen-bond donors (Lipinski definition) is 0. The van der Waals surface area contributed by atoms with Gasteiger partial charge in [-0.2, -0.15) is 0 Å². The highest BCUT2D eigenvalue weighted by molar-refractivity contribution is 5.91. The average molecular weight is 431 g/mol. The SMILES string of the molecule is CCCCOC1CCC(c2ccc(C(=O)Oc3cc(F)c(CCC)c(F)c3)cc2)CC1. The maximum Gasteiger partial charge on any atom is 0.343 e. The summed E-state index contributed by atoms with van der Waals surface area (Å²) in [5, 5.41) is 0. The van der Waals surface area contributed by atoms with Crippen LogP contribution in [0.2, 0.25) is 0 Å². The maximum absolute atomic E-state index is 14.1. The van der Waals surface area contributed by atoms with Crippen LogP contribution in [0.25, 0.3) is 0 Å². The molecule has 1 fully saturated rings. The summed E-state index contributed by atoms with van der Waals surface area (Å²) in [6, 6.07) is 9.48. The van der Waals surface area contributed by atoms with Crippen LogP contribution in [-0.2, 0) is 11.2 Å². The molecular formula is C26H32F2O3. The van der Waals surface area contributed by atoms with Gasteiger partial charge in [0.05, 0.1) is 11.7 Å². The first kappa shape index (κ1) is 23.4. The van der Waals surface area contributed by atoms with E-state index in [0.717, 1.165) is 57.3 Å². The molecule has 0 atom stereocenters. The van der Waals surface area contributed by atoms with E-state index in [-0.39, 0.29) is 11.3 Å². The van der Waals surface area contributed by atoms with E-state index in [9.17, 15) is 13.6 Å². The Balaban J connectivity index is 1.56. The molecule has 3 rings (SSSR count). The molecule has 31 heavy (non-hydrogen) atoms.